The summed E-state index contributed by atoms with van der Waals surface area (Å²) in [4.78, 5) is 4.40. The third-order valence-electron chi connectivity index (χ3n) is 6.69. The third-order valence-corrected chi connectivity index (χ3v) is 6.69. The first-order valence-electron chi connectivity index (χ1n) is 11.5. The number of methoxy groups -OCH3 is 1. The first-order valence-corrected chi connectivity index (χ1v) is 11.5. The molecule has 0 N–H and O–H groups in total. The van der Waals surface area contributed by atoms with Gasteiger partial charge in [-0.1, -0.05) is 36.4 Å². The third kappa shape index (κ3) is 4.44. The van der Waals surface area contributed by atoms with Crippen LogP contribution in [0.3, 0.4) is 0 Å². The van der Waals surface area contributed by atoms with Gasteiger partial charge in [-0.05, 0) is 47.4 Å². The van der Waals surface area contributed by atoms with Gasteiger partial charge in [-0.3, -0.25) is 4.90 Å². The quantitative estimate of drug-likeness (QED) is 0.484. The molecule has 2 aliphatic rings. The lowest BCUT2D eigenvalue weighted by Crippen LogP contribution is -2.47. The predicted molar refractivity (Wildman–Crippen MR) is 127 cm³/mol. The molecule has 2 heterocycles. The largest absolute Gasteiger partial charge is 0.493 e. The summed E-state index contributed by atoms with van der Waals surface area (Å²) in [5, 5.41) is 0. The molecule has 0 saturated carbocycles. The van der Waals surface area contributed by atoms with E-state index in [-0.39, 0.29) is 0 Å². The maximum absolute atomic E-state index is 13.1. The maximum atomic E-state index is 13.1. The lowest BCUT2D eigenvalue weighted by atomic mass is 9.91. The van der Waals surface area contributed by atoms with Crippen LogP contribution in [0, 0.1) is 0 Å². The van der Waals surface area contributed by atoms with Crippen molar-refractivity contribution in [1.82, 2.24) is 4.90 Å². The molecule has 0 aliphatic carbocycles. The Morgan fingerprint density at radius 3 is 2.50 bits per heavy atom. The van der Waals surface area contributed by atoms with E-state index in [1.54, 1.807) is 13.2 Å². The molecule has 0 unspecified atom stereocenters. The number of hydrogen-bond donors (Lipinski definition) is 0. The van der Waals surface area contributed by atoms with E-state index in [0.29, 0.717) is 25.4 Å². The van der Waals surface area contributed by atoms with Gasteiger partial charge >= 0.3 is 6.18 Å². The minimum Gasteiger partial charge on any atom is -0.493 e. The minimum atomic E-state index is -4.32. The van der Waals surface area contributed by atoms with Crippen molar-refractivity contribution in [2.24, 2.45) is 0 Å². The molecule has 1 fully saturated rings. The van der Waals surface area contributed by atoms with Gasteiger partial charge in [0.25, 0.3) is 0 Å². The number of piperazine rings is 1. The summed E-state index contributed by atoms with van der Waals surface area (Å²) in [5.74, 6) is 1.54. The van der Waals surface area contributed by atoms with Crippen molar-refractivity contribution in [2.45, 2.75) is 19.2 Å². The van der Waals surface area contributed by atoms with Gasteiger partial charge in [0.15, 0.2) is 11.5 Å². The van der Waals surface area contributed by atoms with Gasteiger partial charge in [-0.25, -0.2) is 0 Å². The molecule has 3 aromatic carbocycles. The van der Waals surface area contributed by atoms with Crippen molar-refractivity contribution in [3.63, 3.8) is 0 Å². The van der Waals surface area contributed by atoms with E-state index in [1.165, 1.54) is 28.8 Å². The monoisotopic (exact) mass is 468 g/mol. The van der Waals surface area contributed by atoms with Gasteiger partial charge in [0.2, 0.25) is 0 Å². The number of ether oxygens (including phenoxy) is 2. The first kappa shape index (κ1) is 22.6. The van der Waals surface area contributed by atoms with E-state index in [2.05, 4.69) is 23.1 Å². The summed E-state index contributed by atoms with van der Waals surface area (Å²) in [6, 6.07) is 18.0. The molecule has 2 aliphatic heterocycles. The van der Waals surface area contributed by atoms with Crippen LogP contribution in [-0.4, -0.2) is 44.7 Å². The highest BCUT2D eigenvalue weighted by Crippen LogP contribution is 2.45. The van der Waals surface area contributed by atoms with Crippen molar-refractivity contribution in [2.75, 3.05) is 44.7 Å². The van der Waals surface area contributed by atoms with E-state index in [4.69, 9.17) is 9.47 Å². The summed E-state index contributed by atoms with van der Waals surface area (Å²) in [7, 11) is 1.66. The Labute approximate surface area is 197 Å². The molecule has 4 nitrogen and oxygen atoms in total. The zero-order valence-corrected chi connectivity index (χ0v) is 19.1. The fraction of sp³-hybridized carbons (Fsp3) is 0.333. The summed E-state index contributed by atoms with van der Waals surface area (Å²) in [6.45, 7) is 4.42. The molecule has 0 atom stereocenters. The van der Waals surface area contributed by atoms with Crippen LogP contribution in [0.25, 0.3) is 11.1 Å². The number of nitrogens with zero attached hydrogens (tertiary/aromatic N) is 2. The highest BCUT2D eigenvalue weighted by molar-refractivity contribution is 5.81. The number of anilines is 1. The van der Waals surface area contributed by atoms with Gasteiger partial charge < -0.3 is 14.4 Å². The van der Waals surface area contributed by atoms with Gasteiger partial charge in [0.1, 0.15) is 6.61 Å². The standard InChI is InChI=1S/C27H27F3N2O2/c1-33-24-10-9-19(25-23-8-3-2-5-20(23)18-34-26(24)25)11-12-31-13-15-32(16-14-31)22-7-4-6-21(17-22)27(28,29)30/h2-10,17H,11-16,18H2,1H3. The van der Waals surface area contributed by atoms with Crippen LogP contribution in [-0.2, 0) is 19.2 Å². The van der Waals surface area contributed by atoms with Crippen molar-refractivity contribution in [3.05, 3.63) is 77.4 Å². The Kier molecular flexibility index (Phi) is 6.13. The number of hydrogen-bond acceptors (Lipinski definition) is 4. The molecule has 34 heavy (non-hydrogen) atoms. The molecule has 0 aromatic heterocycles. The number of alkyl halides is 3. The number of fused-ring (bicyclic) bond motifs is 3. The second kappa shape index (κ2) is 9.22. The Morgan fingerprint density at radius 1 is 0.941 bits per heavy atom. The van der Waals surface area contributed by atoms with Crippen LogP contribution in [0.15, 0.2) is 60.7 Å². The molecular weight excluding hydrogens is 441 g/mol. The Hall–Kier alpha value is -3.19. The van der Waals surface area contributed by atoms with Crippen molar-refractivity contribution >= 4 is 5.69 Å². The topological polar surface area (TPSA) is 24.9 Å². The molecule has 1 saturated heterocycles. The van der Waals surface area contributed by atoms with Gasteiger partial charge in [-0.2, -0.15) is 13.2 Å². The molecule has 0 spiro atoms. The molecule has 7 heteroatoms. The van der Waals surface area contributed by atoms with Crippen LogP contribution in [0.4, 0.5) is 18.9 Å². The molecule has 178 valence electrons. The minimum absolute atomic E-state index is 0.528. The summed E-state index contributed by atoms with van der Waals surface area (Å²) < 4.78 is 50.9. The molecular formula is C27H27F3N2O2. The Morgan fingerprint density at radius 2 is 1.74 bits per heavy atom. The van der Waals surface area contributed by atoms with Crippen LogP contribution < -0.4 is 14.4 Å². The van der Waals surface area contributed by atoms with Gasteiger partial charge in [0, 0.05) is 44.0 Å². The summed E-state index contributed by atoms with van der Waals surface area (Å²) >= 11 is 0. The van der Waals surface area contributed by atoms with Crippen LogP contribution in [0.2, 0.25) is 0 Å². The predicted octanol–water partition coefficient (Wildman–Crippen LogP) is 5.64. The fourth-order valence-corrected chi connectivity index (χ4v) is 4.84. The molecule has 5 rings (SSSR count). The Bertz CT molecular complexity index is 1170. The summed E-state index contributed by atoms with van der Waals surface area (Å²) in [5.41, 5.74) is 4.70. The highest BCUT2D eigenvalue weighted by atomic mass is 19.4. The van der Waals surface area contributed by atoms with Crippen molar-refractivity contribution in [3.8, 4) is 22.6 Å². The van der Waals surface area contributed by atoms with E-state index in [9.17, 15) is 13.2 Å². The lowest BCUT2D eigenvalue weighted by molar-refractivity contribution is -0.137. The maximum Gasteiger partial charge on any atom is 0.416 e. The molecule has 0 radical (unpaired) electrons. The van der Waals surface area contributed by atoms with Gasteiger partial charge in [0.05, 0.1) is 12.7 Å². The zero-order valence-electron chi connectivity index (χ0n) is 19.1. The smallest absolute Gasteiger partial charge is 0.416 e. The van der Waals surface area contributed by atoms with Crippen molar-refractivity contribution < 1.29 is 22.6 Å². The first-order chi connectivity index (χ1) is 16.4. The van der Waals surface area contributed by atoms with Crippen LogP contribution in [0.5, 0.6) is 11.5 Å². The van der Waals surface area contributed by atoms with E-state index < -0.39 is 11.7 Å². The number of halogens is 3. The average Bonchev–Trinajstić information content (AvgIpc) is 2.87. The van der Waals surface area contributed by atoms with E-state index >= 15 is 0 Å². The normalized spacial score (nSPS) is 15.9. The number of benzene rings is 3. The second-order valence-electron chi connectivity index (χ2n) is 8.70. The molecule has 0 bridgehead atoms. The average molecular weight is 469 g/mol. The molecule has 3 aromatic rings. The Balaban J connectivity index is 1.27. The molecule has 0 amide bonds. The SMILES string of the molecule is COc1ccc(CCN2CCN(c3cccc(C(F)(F)F)c3)CC2)c2c1OCc1ccccc1-2. The van der Waals surface area contributed by atoms with Crippen LogP contribution >= 0.6 is 0 Å². The van der Waals surface area contributed by atoms with E-state index in [0.717, 1.165) is 49.2 Å². The highest BCUT2D eigenvalue weighted by Gasteiger charge is 2.31. The lowest BCUT2D eigenvalue weighted by Gasteiger charge is -2.36. The van der Waals surface area contributed by atoms with Crippen LogP contribution in [0.1, 0.15) is 16.7 Å². The zero-order chi connectivity index (χ0) is 23.7. The fourth-order valence-electron chi connectivity index (χ4n) is 4.84. The van der Waals surface area contributed by atoms with E-state index in [1.807, 2.05) is 23.1 Å². The van der Waals surface area contributed by atoms with Gasteiger partial charge in [-0.15, -0.1) is 0 Å². The summed E-state index contributed by atoms with van der Waals surface area (Å²) in [6.07, 6.45) is -3.47. The second-order valence-corrected chi connectivity index (χ2v) is 8.70. The number of rotatable bonds is 5. The van der Waals surface area contributed by atoms with Crippen molar-refractivity contribution in [1.29, 1.82) is 0 Å².